The Hall–Kier alpha value is -2.29. The lowest BCUT2D eigenvalue weighted by Gasteiger charge is -2.16. The number of nitrogens with two attached hydrogens (primary N) is 1. The number of anilines is 1. The molecule has 0 spiro atoms. The summed E-state index contributed by atoms with van der Waals surface area (Å²) >= 11 is 0. The molecule has 1 heterocycles. The van der Waals surface area contributed by atoms with Crippen LogP contribution in [0.25, 0.3) is 0 Å². The van der Waals surface area contributed by atoms with E-state index >= 15 is 0 Å². The molecule has 0 amide bonds. The van der Waals surface area contributed by atoms with Gasteiger partial charge < -0.3 is 10.5 Å². The monoisotopic (exact) mass is 281 g/mol. The molecule has 0 saturated heterocycles. The van der Waals surface area contributed by atoms with Crippen molar-refractivity contribution in [3.05, 3.63) is 58.7 Å². The molecule has 0 aromatic heterocycles. The van der Waals surface area contributed by atoms with Gasteiger partial charge in [-0.2, -0.15) is 0 Å². The highest BCUT2D eigenvalue weighted by atomic mass is 16.5. The van der Waals surface area contributed by atoms with Gasteiger partial charge in [0.05, 0.1) is 0 Å². The second-order valence-electron chi connectivity index (χ2n) is 6.32. The fraction of sp³-hybridized carbons (Fsp3) is 0.278. The van der Waals surface area contributed by atoms with Crippen LogP contribution in [0.15, 0.2) is 36.4 Å². The molecule has 0 saturated carbocycles. The third-order valence-corrected chi connectivity index (χ3v) is 3.69. The Morgan fingerprint density at radius 1 is 1.14 bits per heavy atom. The molecular weight excluding hydrogens is 262 g/mol. The summed E-state index contributed by atoms with van der Waals surface area (Å²) in [5.41, 5.74) is 9.64. The number of hydrogen-bond acceptors (Lipinski definition) is 3. The largest absolute Gasteiger partial charge is 0.487 e. The number of aryl methyl sites for hydroxylation is 1. The zero-order chi connectivity index (χ0) is 15.2. The van der Waals surface area contributed by atoms with Crippen molar-refractivity contribution >= 4 is 11.5 Å². The van der Waals surface area contributed by atoms with E-state index in [0.717, 1.165) is 23.3 Å². The van der Waals surface area contributed by atoms with E-state index < -0.39 is 0 Å². The van der Waals surface area contributed by atoms with Gasteiger partial charge in [-0.15, -0.1) is 0 Å². The average molecular weight is 281 g/mol. The van der Waals surface area contributed by atoms with Gasteiger partial charge in [-0.05, 0) is 68.3 Å². The van der Waals surface area contributed by atoms with Gasteiger partial charge >= 0.3 is 0 Å². The van der Waals surface area contributed by atoms with Gasteiger partial charge in [-0.1, -0.05) is 0 Å². The first-order chi connectivity index (χ1) is 9.84. The first-order valence-corrected chi connectivity index (χ1v) is 7.08. The zero-order valence-corrected chi connectivity index (χ0v) is 12.6. The number of ketones is 1. The van der Waals surface area contributed by atoms with Crippen molar-refractivity contribution in [2.24, 2.45) is 0 Å². The van der Waals surface area contributed by atoms with Crippen LogP contribution in [-0.2, 0) is 6.42 Å². The number of hydrogen-bond donors (Lipinski definition) is 1. The van der Waals surface area contributed by atoms with Crippen LogP contribution in [0.1, 0.15) is 40.9 Å². The first kappa shape index (κ1) is 13.7. The van der Waals surface area contributed by atoms with Crippen molar-refractivity contribution in [1.82, 2.24) is 0 Å². The minimum absolute atomic E-state index is 0.00194. The summed E-state index contributed by atoms with van der Waals surface area (Å²) in [5, 5.41) is 0. The molecule has 0 radical (unpaired) electrons. The smallest absolute Gasteiger partial charge is 0.193 e. The maximum Gasteiger partial charge on any atom is 0.193 e. The molecule has 0 unspecified atom stereocenters. The van der Waals surface area contributed by atoms with E-state index in [1.165, 1.54) is 0 Å². The molecule has 1 aliphatic heterocycles. The minimum atomic E-state index is -0.197. The average Bonchev–Trinajstić information content (AvgIpc) is 2.69. The second kappa shape index (κ2) is 4.62. The minimum Gasteiger partial charge on any atom is -0.487 e. The number of benzene rings is 2. The molecule has 3 heteroatoms. The molecule has 3 nitrogen and oxygen atoms in total. The van der Waals surface area contributed by atoms with Gasteiger partial charge in [0.1, 0.15) is 11.4 Å². The van der Waals surface area contributed by atoms with E-state index in [0.29, 0.717) is 16.8 Å². The number of nitrogen functional groups attached to an aromatic ring is 1. The maximum absolute atomic E-state index is 12.6. The lowest BCUT2D eigenvalue weighted by Crippen LogP contribution is -2.24. The molecule has 2 aromatic rings. The zero-order valence-electron chi connectivity index (χ0n) is 12.6. The van der Waals surface area contributed by atoms with Gasteiger partial charge in [0, 0.05) is 23.2 Å². The highest BCUT2D eigenvalue weighted by Gasteiger charge is 2.30. The number of rotatable bonds is 2. The Morgan fingerprint density at radius 3 is 2.62 bits per heavy atom. The lowest BCUT2D eigenvalue weighted by molar-refractivity contribution is 0.103. The standard InChI is InChI=1S/C18H19NO2/c1-11-6-13(9-15(19)7-11)17(20)12-4-5-16-14(8-12)10-18(2,3)21-16/h4-9H,10,19H2,1-3H3. The van der Waals surface area contributed by atoms with E-state index in [-0.39, 0.29) is 11.4 Å². The summed E-state index contributed by atoms with van der Waals surface area (Å²) in [4.78, 5) is 12.6. The molecular formula is C18H19NO2. The van der Waals surface area contributed by atoms with Crippen molar-refractivity contribution in [3.63, 3.8) is 0 Å². The number of carbonyl (C=O) groups is 1. The van der Waals surface area contributed by atoms with Gasteiger partial charge in [-0.25, -0.2) is 0 Å². The summed E-state index contributed by atoms with van der Waals surface area (Å²) < 4.78 is 5.84. The molecule has 108 valence electrons. The van der Waals surface area contributed by atoms with Crippen LogP contribution in [0.5, 0.6) is 5.75 Å². The molecule has 2 N–H and O–H groups in total. The van der Waals surface area contributed by atoms with Crippen molar-refractivity contribution in [1.29, 1.82) is 0 Å². The van der Waals surface area contributed by atoms with E-state index in [4.69, 9.17) is 10.5 Å². The van der Waals surface area contributed by atoms with Gasteiger partial charge in [0.25, 0.3) is 0 Å². The third-order valence-electron chi connectivity index (χ3n) is 3.69. The van der Waals surface area contributed by atoms with Gasteiger partial charge in [-0.3, -0.25) is 4.79 Å². The summed E-state index contributed by atoms with van der Waals surface area (Å²) in [6, 6.07) is 11.1. The second-order valence-corrected chi connectivity index (χ2v) is 6.32. The van der Waals surface area contributed by atoms with Crippen LogP contribution in [-0.4, -0.2) is 11.4 Å². The fourth-order valence-electron chi connectivity index (χ4n) is 2.86. The predicted molar refractivity (Wildman–Crippen MR) is 83.9 cm³/mol. The van der Waals surface area contributed by atoms with Crippen LogP contribution in [0, 0.1) is 6.92 Å². The Balaban J connectivity index is 1.97. The van der Waals surface area contributed by atoms with Crippen molar-refractivity contribution < 1.29 is 9.53 Å². The topological polar surface area (TPSA) is 52.3 Å². The van der Waals surface area contributed by atoms with Gasteiger partial charge in [0.15, 0.2) is 5.78 Å². The van der Waals surface area contributed by atoms with Crippen molar-refractivity contribution in [2.75, 3.05) is 5.73 Å². The summed E-state index contributed by atoms with van der Waals surface area (Å²) in [5.74, 6) is 0.873. The third kappa shape index (κ3) is 2.64. The Bertz CT molecular complexity index is 712. The molecule has 0 bridgehead atoms. The van der Waals surface area contributed by atoms with Gasteiger partial charge in [0.2, 0.25) is 0 Å². The number of fused-ring (bicyclic) bond motifs is 1. The molecule has 2 aromatic carbocycles. The van der Waals surface area contributed by atoms with E-state index in [1.54, 1.807) is 6.07 Å². The molecule has 1 aliphatic rings. The molecule has 0 atom stereocenters. The molecule has 0 aliphatic carbocycles. The van der Waals surface area contributed by atoms with E-state index in [1.807, 2.05) is 37.3 Å². The normalized spacial score (nSPS) is 15.4. The van der Waals surface area contributed by atoms with Crippen LogP contribution in [0.4, 0.5) is 5.69 Å². The first-order valence-electron chi connectivity index (χ1n) is 7.08. The van der Waals surface area contributed by atoms with Crippen LogP contribution in [0.3, 0.4) is 0 Å². The highest BCUT2D eigenvalue weighted by molar-refractivity contribution is 6.09. The Labute approximate surface area is 124 Å². The summed E-state index contributed by atoms with van der Waals surface area (Å²) in [7, 11) is 0. The summed E-state index contributed by atoms with van der Waals surface area (Å²) in [6.45, 7) is 6.04. The SMILES string of the molecule is Cc1cc(N)cc(C(=O)c2ccc3c(c2)CC(C)(C)O3)c1. The highest BCUT2D eigenvalue weighted by Crippen LogP contribution is 2.35. The number of ether oxygens (including phenoxy) is 1. The quantitative estimate of drug-likeness (QED) is 0.677. The Kier molecular flexibility index (Phi) is 3.01. The lowest BCUT2D eigenvalue weighted by atomic mass is 9.96. The Morgan fingerprint density at radius 2 is 1.90 bits per heavy atom. The van der Waals surface area contributed by atoms with Crippen molar-refractivity contribution in [2.45, 2.75) is 32.8 Å². The summed E-state index contributed by atoms with van der Waals surface area (Å²) in [6.07, 6.45) is 0.819. The molecule has 21 heavy (non-hydrogen) atoms. The molecule has 0 fully saturated rings. The molecule has 3 rings (SSSR count). The fourth-order valence-corrected chi connectivity index (χ4v) is 2.86. The van der Waals surface area contributed by atoms with E-state index in [9.17, 15) is 4.79 Å². The predicted octanol–water partition coefficient (Wildman–Crippen LogP) is 3.52. The number of carbonyl (C=O) groups excluding carboxylic acids is 1. The van der Waals surface area contributed by atoms with Crippen LogP contribution < -0.4 is 10.5 Å². The van der Waals surface area contributed by atoms with Crippen molar-refractivity contribution in [3.8, 4) is 5.75 Å². The van der Waals surface area contributed by atoms with Crippen LogP contribution >= 0.6 is 0 Å². The van der Waals surface area contributed by atoms with Crippen LogP contribution in [0.2, 0.25) is 0 Å². The van der Waals surface area contributed by atoms with E-state index in [2.05, 4.69) is 13.8 Å². The maximum atomic E-state index is 12.6.